The Morgan fingerprint density at radius 3 is 2.95 bits per heavy atom. The summed E-state index contributed by atoms with van der Waals surface area (Å²) in [6.45, 7) is 2.99. The largest absolute Gasteiger partial charge is 0.353 e. The number of rotatable bonds is 5. The standard InChI is InChI=1S/C16H18N4S/c1-12(18-10-14-6-4-8-20(14)2)16-19-15(11-21-16)13-5-3-7-17-9-13/h3-9,11-12,18H,10H2,1-2H3/t12-/m0/s1. The number of nitrogens with one attached hydrogen (secondary N) is 1. The third-order valence-corrected chi connectivity index (χ3v) is 4.52. The van der Waals surface area contributed by atoms with Crippen LogP contribution >= 0.6 is 11.3 Å². The van der Waals surface area contributed by atoms with Crippen molar-refractivity contribution in [3.63, 3.8) is 0 Å². The van der Waals surface area contributed by atoms with Crippen molar-refractivity contribution in [3.8, 4) is 11.3 Å². The highest BCUT2D eigenvalue weighted by Gasteiger charge is 2.11. The number of hydrogen-bond acceptors (Lipinski definition) is 4. The lowest BCUT2D eigenvalue weighted by Crippen LogP contribution is -2.19. The molecule has 108 valence electrons. The second-order valence-corrected chi connectivity index (χ2v) is 5.92. The lowest BCUT2D eigenvalue weighted by Gasteiger charge is -2.11. The molecule has 3 aromatic rings. The zero-order chi connectivity index (χ0) is 14.7. The van der Waals surface area contributed by atoms with Gasteiger partial charge in [0.05, 0.1) is 11.7 Å². The van der Waals surface area contributed by atoms with E-state index in [1.165, 1.54) is 5.69 Å². The fraction of sp³-hybridized carbons (Fsp3) is 0.250. The highest BCUT2D eigenvalue weighted by Crippen LogP contribution is 2.24. The summed E-state index contributed by atoms with van der Waals surface area (Å²) in [5.41, 5.74) is 3.33. The number of nitrogens with zero attached hydrogens (tertiary/aromatic N) is 3. The molecule has 5 heteroatoms. The van der Waals surface area contributed by atoms with Gasteiger partial charge >= 0.3 is 0 Å². The molecule has 3 aromatic heterocycles. The molecule has 21 heavy (non-hydrogen) atoms. The third-order valence-electron chi connectivity index (χ3n) is 3.49. The molecule has 0 spiro atoms. The van der Waals surface area contributed by atoms with Crippen molar-refractivity contribution in [1.29, 1.82) is 0 Å². The van der Waals surface area contributed by atoms with Crippen LogP contribution in [-0.2, 0) is 13.6 Å². The van der Waals surface area contributed by atoms with Crippen molar-refractivity contribution in [2.45, 2.75) is 19.5 Å². The fourth-order valence-electron chi connectivity index (χ4n) is 2.16. The number of aromatic nitrogens is 3. The minimum atomic E-state index is 0.232. The van der Waals surface area contributed by atoms with Crippen LogP contribution in [0.2, 0.25) is 0 Å². The molecule has 0 fully saturated rings. The summed E-state index contributed by atoms with van der Waals surface area (Å²) >= 11 is 1.69. The highest BCUT2D eigenvalue weighted by molar-refractivity contribution is 7.10. The zero-order valence-electron chi connectivity index (χ0n) is 12.2. The summed E-state index contributed by atoms with van der Waals surface area (Å²) in [5, 5.41) is 6.71. The number of aryl methyl sites for hydroxylation is 1. The average molecular weight is 298 g/mol. The Morgan fingerprint density at radius 2 is 2.24 bits per heavy atom. The van der Waals surface area contributed by atoms with Crippen LogP contribution in [0, 0.1) is 0 Å². The van der Waals surface area contributed by atoms with Gasteiger partial charge in [-0.15, -0.1) is 11.3 Å². The van der Waals surface area contributed by atoms with E-state index >= 15 is 0 Å². The van der Waals surface area contributed by atoms with Crippen LogP contribution in [0.4, 0.5) is 0 Å². The van der Waals surface area contributed by atoms with Crippen molar-refractivity contribution in [2.24, 2.45) is 7.05 Å². The monoisotopic (exact) mass is 298 g/mol. The Hall–Kier alpha value is -1.98. The summed E-state index contributed by atoms with van der Waals surface area (Å²) in [4.78, 5) is 8.85. The van der Waals surface area contributed by atoms with Crippen LogP contribution < -0.4 is 5.32 Å². The quantitative estimate of drug-likeness (QED) is 0.785. The number of hydrogen-bond donors (Lipinski definition) is 1. The van der Waals surface area contributed by atoms with Crippen molar-refractivity contribution in [3.05, 3.63) is 58.9 Å². The van der Waals surface area contributed by atoms with Gasteiger partial charge in [-0.2, -0.15) is 0 Å². The van der Waals surface area contributed by atoms with Crippen LogP contribution in [0.15, 0.2) is 48.2 Å². The number of pyridine rings is 1. The fourth-order valence-corrected chi connectivity index (χ4v) is 3.02. The molecule has 1 atom stereocenters. The van der Waals surface area contributed by atoms with Crippen LogP contribution in [0.3, 0.4) is 0 Å². The van der Waals surface area contributed by atoms with Gasteiger partial charge in [0, 0.05) is 48.8 Å². The maximum absolute atomic E-state index is 4.71. The van der Waals surface area contributed by atoms with E-state index in [9.17, 15) is 0 Å². The predicted molar refractivity (Wildman–Crippen MR) is 86.0 cm³/mol. The zero-order valence-corrected chi connectivity index (χ0v) is 13.0. The Kier molecular flexibility index (Phi) is 4.13. The Labute approximate surface area is 128 Å². The lowest BCUT2D eigenvalue weighted by atomic mass is 10.2. The summed E-state index contributed by atoms with van der Waals surface area (Å²) < 4.78 is 2.13. The second-order valence-electron chi connectivity index (χ2n) is 5.03. The van der Waals surface area contributed by atoms with E-state index in [0.717, 1.165) is 22.8 Å². The lowest BCUT2D eigenvalue weighted by molar-refractivity contribution is 0.556. The van der Waals surface area contributed by atoms with E-state index in [4.69, 9.17) is 4.98 Å². The second kappa shape index (κ2) is 6.20. The van der Waals surface area contributed by atoms with Crippen LogP contribution in [-0.4, -0.2) is 14.5 Å². The summed E-state index contributed by atoms with van der Waals surface area (Å²) in [6, 6.07) is 8.39. The first-order chi connectivity index (χ1) is 10.2. The van der Waals surface area contributed by atoms with Crippen molar-refractivity contribution in [1.82, 2.24) is 19.9 Å². The first-order valence-corrected chi connectivity index (χ1v) is 7.81. The predicted octanol–water partition coefficient (Wildman–Crippen LogP) is 3.39. The molecule has 0 saturated carbocycles. The first kappa shape index (κ1) is 14.0. The van der Waals surface area contributed by atoms with Gasteiger partial charge in [-0.25, -0.2) is 4.98 Å². The SMILES string of the molecule is C[C@H](NCc1cccn1C)c1nc(-c2cccnc2)cs1. The molecule has 3 rings (SSSR count). The van der Waals surface area contributed by atoms with Crippen molar-refractivity contribution >= 4 is 11.3 Å². The highest BCUT2D eigenvalue weighted by atomic mass is 32.1. The van der Waals surface area contributed by atoms with Gasteiger partial charge in [0.15, 0.2) is 0 Å². The summed E-state index contributed by atoms with van der Waals surface area (Å²) in [6.07, 6.45) is 5.69. The van der Waals surface area contributed by atoms with E-state index in [0.29, 0.717) is 0 Å². The van der Waals surface area contributed by atoms with E-state index in [1.54, 1.807) is 17.5 Å². The van der Waals surface area contributed by atoms with Crippen molar-refractivity contribution < 1.29 is 0 Å². The van der Waals surface area contributed by atoms with E-state index in [-0.39, 0.29) is 6.04 Å². The van der Waals surface area contributed by atoms with Gasteiger partial charge in [-0.3, -0.25) is 4.98 Å². The molecule has 3 heterocycles. The minimum Gasteiger partial charge on any atom is -0.353 e. The Balaban J connectivity index is 1.67. The topological polar surface area (TPSA) is 42.7 Å². The molecule has 0 aliphatic heterocycles. The number of thiazole rings is 1. The van der Waals surface area contributed by atoms with Crippen LogP contribution in [0.1, 0.15) is 23.7 Å². The van der Waals surface area contributed by atoms with E-state index in [1.807, 2.05) is 18.3 Å². The van der Waals surface area contributed by atoms with Crippen molar-refractivity contribution in [2.75, 3.05) is 0 Å². The van der Waals surface area contributed by atoms with Gasteiger partial charge < -0.3 is 9.88 Å². The molecule has 4 nitrogen and oxygen atoms in total. The summed E-state index contributed by atoms with van der Waals surface area (Å²) in [5.74, 6) is 0. The average Bonchev–Trinajstić information content (AvgIpc) is 3.15. The van der Waals surface area contributed by atoms with Crippen LogP contribution in [0.5, 0.6) is 0 Å². The molecule has 0 amide bonds. The maximum atomic E-state index is 4.71. The molecule has 0 radical (unpaired) electrons. The van der Waals surface area contributed by atoms with Gasteiger partial charge in [-0.05, 0) is 31.2 Å². The first-order valence-electron chi connectivity index (χ1n) is 6.93. The van der Waals surface area contributed by atoms with Gasteiger partial charge in [0.1, 0.15) is 5.01 Å². The van der Waals surface area contributed by atoms with Gasteiger partial charge in [0.25, 0.3) is 0 Å². The van der Waals surface area contributed by atoms with Gasteiger partial charge in [0.2, 0.25) is 0 Å². The maximum Gasteiger partial charge on any atom is 0.110 e. The molecule has 0 bridgehead atoms. The van der Waals surface area contributed by atoms with E-state index in [2.05, 4.69) is 52.5 Å². The Morgan fingerprint density at radius 1 is 1.33 bits per heavy atom. The Bertz CT molecular complexity index is 702. The van der Waals surface area contributed by atoms with E-state index < -0.39 is 0 Å². The summed E-state index contributed by atoms with van der Waals surface area (Å²) in [7, 11) is 2.06. The minimum absolute atomic E-state index is 0.232. The van der Waals surface area contributed by atoms with Crippen LogP contribution in [0.25, 0.3) is 11.3 Å². The molecule has 1 N–H and O–H groups in total. The molecule has 0 saturated heterocycles. The molecular weight excluding hydrogens is 280 g/mol. The normalized spacial score (nSPS) is 12.5. The molecule has 0 aliphatic carbocycles. The molecule has 0 aliphatic rings. The van der Waals surface area contributed by atoms with Gasteiger partial charge in [-0.1, -0.05) is 0 Å². The molecule has 0 aromatic carbocycles. The third kappa shape index (κ3) is 3.20. The molecule has 0 unspecified atom stereocenters. The smallest absolute Gasteiger partial charge is 0.110 e. The molecular formula is C16H18N4S.